The Labute approximate surface area is 123 Å². The van der Waals surface area contributed by atoms with Gasteiger partial charge in [0.05, 0.1) is 5.69 Å². The van der Waals surface area contributed by atoms with Crippen molar-refractivity contribution in [2.75, 3.05) is 13.7 Å². The molecule has 1 aromatic heterocycles. The Morgan fingerprint density at radius 2 is 2.10 bits per heavy atom. The van der Waals surface area contributed by atoms with Gasteiger partial charge < -0.3 is 14.6 Å². The first kappa shape index (κ1) is 15.1. The van der Waals surface area contributed by atoms with Crippen LogP contribution in [-0.2, 0) is 23.6 Å². The molecule has 0 amide bonds. The Bertz CT molecular complexity index is 511. The van der Waals surface area contributed by atoms with Gasteiger partial charge in [0.1, 0.15) is 6.61 Å². The van der Waals surface area contributed by atoms with Crippen LogP contribution in [0.5, 0.6) is 0 Å². The van der Waals surface area contributed by atoms with Crippen LogP contribution in [0, 0.1) is 0 Å². The summed E-state index contributed by atoms with van der Waals surface area (Å²) in [6, 6.07) is 10.5. The molecule has 0 saturated carbocycles. The highest BCUT2D eigenvalue weighted by Crippen LogP contribution is 2.23. The molecule has 5 heteroatoms. The van der Waals surface area contributed by atoms with Gasteiger partial charge >= 0.3 is 0 Å². The second kappa shape index (κ2) is 8.09. The van der Waals surface area contributed by atoms with Crippen LogP contribution in [-0.4, -0.2) is 18.8 Å². The van der Waals surface area contributed by atoms with Gasteiger partial charge in [0.25, 0.3) is 0 Å². The van der Waals surface area contributed by atoms with Crippen molar-refractivity contribution in [1.82, 2.24) is 10.5 Å². The van der Waals surface area contributed by atoms with E-state index in [2.05, 4.69) is 41.7 Å². The summed E-state index contributed by atoms with van der Waals surface area (Å²) in [4.78, 5) is 1.24. The summed E-state index contributed by atoms with van der Waals surface area (Å²) in [5, 5.41) is 7.34. The third-order valence-electron chi connectivity index (χ3n) is 2.78. The molecule has 0 unspecified atom stereocenters. The van der Waals surface area contributed by atoms with E-state index in [0.717, 1.165) is 30.3 Å². The molecule has 0 aliphatic carbocycles. The minimum Gasteiger partial charge on any atom is -0.377 e. The quantitative estimate of drug-likeness (QED) is 0.757. The molecule has 0 atom stereocenters. The molecular formula is C15H20N2O2S. The van der Waals surface area contributed by atoms with E-state index in [1.165, 1.54) is 10.5 Å². The highest BCUT2D eigenvalue weighted by Gasteiger charge is 2.04. The summed E-state index contributed by atoms with van der Waals surface area (Å²) in [5.74, 6) is 1.57. The van der Waals surface area contributed by atoms with E-state index in [0.29, 0.717) is 6.61 Å². The highest BCUT2D eigenvalue weighted by molar-refractivity contribution is 7.98. The first-order valence-electron chi connectivity index (χ1n) is 6.67. The molecule has 0 aliphatic rings. The lowest BCUT2D eigenvalue weighted by Gasteiger charge is -2.03. The van der Waals surface area contributed by atoms with Crippen molar-refractivity contribution >= 4 is 11.8 Å². The fourth-order valence-corrected chi connectivity index (χ4v) is 2.54. The molecule has 0 radical (unpaired) electrons. The first-order chi connectivity index (χ1) is 9.81. The van der Waals surface area contributed by atoms with Gasteiger partial charge in [0.2, 0.25) is 0 Å². The van der Waals surface area contributed by atoms with Crippen LogP contribution in [0.15, 0.2) is 39.8 Å². The average molecular weight is 292 g/mol. The molecule has 2 rings (SSSR count). The second-order valence-corrected chi connectivity index (χ2v) is 5.48. The fourth-order valence-electron chi connectivity index (χ4n) is 1.76. The van der Waals surface area contributed by atoms with Crippen molar-refractivity contribution in [2.45, 2.75) is 30.7 Å². The van der Waals surface area contributed by atoms with E-state index in [1.54, 1.807) is 18.9 Å². The third-order valence-corrected chi connectivity index (χ3v) is 3.83. The Morgan fingerprint density at radius 1 is 1.30 bits per heavy atom. The summed E-state index contributed by atoms with van der Waals surface area (Å²) in [7, 11) is 1.64. The van der Waals surface area contributed by atoms with E-state index in [4.69, 9.17) is 9.26 Å². The van der Waals surface area contributed by atoms with Crippen LogP contribution >= 0.6 is 11.8 Å². The Balaban J connectivity index is 1.83. The zero-order valence-electron chi connectivity index (χ0n) is 11.9. The van der Waals surface area contributed by atoms with E-state index in [9.17, 15) is 0 Å². The summed E-state index contributed by atoms with van der Waals surface area (Å²) >= 11 is 1.75. The lowest BCUT2D eigenvalue weighted by molar-refractivity contribution is 0.156. The summed E-state index contributed by atoms with van der Waals surface area (Å²) < 4.78 is 10.2. The predicted octanol–water partition coefficient (Wildman–Crippen LogP) is 3.22. The molecule has 0 aliphatic heterocycles. The average Bonchev–Trinajstić information content (AvgIpc) is 2.92. The molecule has 0 spiro atoms. The number of nitrogens with one attached hydrogen (secondary N) is 1. The van der Waals surface area contributed by atoms with Crippen molar-refractivity contribution in [3.63, 3.8) is 0 Å². The lowest BCUT2D eigenvalue weighted by atomic mass is 10.2. The van der Waals surface area contributed by atoms with Crippen LogP contribution in [0.3, 0.4) is 0 Å². The molecule has 4 nitrogen and oxygen atoms in total. The molecule has 0 saturated heterocycles. The zero-order chi connectivity index (χ0) is 14.2. The smallest absolute Gasteiger partial charge is 0.162 e. The van der Waals surface area contributed by atoms with Gasteiger partial charge in [-0.05, 0) is 24.2 Å². The van der Waals surface area contributed by atoms with Gasteiger partial charge in [-0.2, -0.15) is 0 Å². The minimum atomic E-state index is 0.469. The van der Waals surface area contributed by atoms with Gasteiger partial charge in [-0.1, -0.05) is 24.2 Å². The molecule has 0 bridgehead atoms. The van der Waals surface area contributed by atoms with Crippen LogP contribution in [0.25, 0.3) is 0 Å². The van der Waals surface area contributed by atoms with Gasteiger partial charge in [-0.25, -0.2) is 0 Å². The maximum Gasteiger partial charge on any atom is 0.162 e. The van der Waals surface area contributed by atoms with Crippen molar-refractivity contribution < 1.29 is 9.26 Å². The number of thioether (sulfide) groups is 1. The largest absolute Gasteiger partial charge is 0.377 e. The van der Waals surface area contributed by atoms with E-state index >= 15 is 0 Å². The van der Waals surface area contributed by atoms with Crippen LogP contribution in [0.1, 0.15) is 23.9 Å². The van der Waals surface area contributed by atoms with Crippen molar-refractivity contribution in [1.29, 1.82) is 0 Å². The van der Waals surface area contributed by atoms with Crippen molar-refractivity contribution in [2.24, 2.45) is 0 Å². The first-order valence-corrected chi connectivity index (χ1v) is 7.66. The standard InChI is InChI=1S/C15H20N2O2S/c1-3-16-9-12-4-6-15(7-5-12)20-11-13-8-14(10-18-2)19-17-13/h4-8,16H,3,9-11H2,1-2H3. The van der Waals surface area contributed by atoms with E-state index < -0.39 is 0 Å². The number of hydrogen-bond donors (Lipinski definition) is 1. The number of benzene rings is 1. The maximum absolute atomic E-state index is 5.16. The molecule has 1 N–H and O–H groups in total. The summed E-state index contributed by atoms with van der Waals surface area (Å²) in [6.45, 7) is 4.49. The Kier molecular flexibility index (Phi) is 6.11. The molecule has 2 aromatic rings. The molecule has 108 valence electrons. The van der Waals surface area contributed by atoms with Crippen LogP contribution < -0.4 is 5.32 Å². The lowest BCUT2D eigenvalue weighted by Crippen LogP contribution is -2.11. The van der Waals surface area contributed by atoms with Crippen molar-refractivity contribution in [3.05, 3.63) is 47.3 Å². The predicted molar refractivity (Wildman–Crippen MR) is 80.6 cm³/mol. The number of ether oxygens (including phenoxy) is 1. The Morgan fingerprint density at radius 3 is 2.80 bits per heavy atom. The minimum absolute atomic E-state index is 0.469. The normalized spacial score (nSPS) is 10.9. The van der Waals surface area contributed by atoms with Crippen LogP contribution in [0.4, 0.5) is 0 Å². The summed E-state index contributed by atoms with van der Waals surface area (Å²) in [5.41, 5.74) is 2.25. The second-order valence-electron chi connectivity index (χ2n) is 4.43. The fraction of sp³-hybridized carbons (Fsp3) is 0.400. The SMILES string of the molecule is CCNCc1ccc(SCc2cc(COC)on2)cc1. The van der Waals surface area contributed by atoms with Crippen molar-refractivity contribution in [3.8, 4) is 0 Å². The topological polar surface area (TPSA) is 47.3 Å². The number of methoxy groups -OCH3 is 1. The number of hydrogen-bond acceptors (Lipinski definition) is 5. The van der Waals surface area contributed by atoms with E-state index in [-0.39, 0.29) is 0 Å². The number of rotatable bonds is 8. The zero-order valence-corrected chi connectivity index (χ0v) is 12.7. The molecule has 1 heterocycles. The maximum atomic E-state index is 5.16. The van der Waals surface area contributed by atoms with Gasteiger partial charge in [0, 0.05) is 30.4 Å². The van der Waals surface area contributed by atoms with Gasteiger partial charge in [-0.3, -0.25) is 0 Å². The van der Waals surface area contributed by atoms with E-state index in [1.807, 2.05) is 6.07 Å². The Hall–Kier alpha value is -1.30. The number of aromatic nitrogens is 1. The summed E-state index contributed by atoms with van der Waals surface area (Å²) in [6.07, 6.45) is 0. The molecular weight excluding hydrogens is 272 g/mol. The monoisotopic (exact) mass is 292 g/mol. The third kappa shape index (κ3) is 4.67. The van der Waals surface area contributed by atoms with Gasteiger partial charge in [-0.15, -0.1) is 11.8 Å². The molecule has 1 aromatic carbocycles. The molecule has 0 fully saturated rings. The highest BCUT2D eigenvalue weighted by atomic mass is 32.2. The molecule has 20 heavy (non-hydrogen) atoms. The van der Waals surface area contributed by atoms with Gasteiger partial charge in [0.15, 0.2) is 5.76 Å². The number of nitrogens with zero attached hydrogens (tertiary/aromatic N) is 1. The van der Waals surface area contributed by atoms with Crippen LogP contribution in [0.2, 0.25) is 0 Å².